The normalized spacial score (nSPS) is 12.9. The Labute approximate surface area is 95.0 Å². The van der Waals surface area contributed by atoms with Crippen molar-refractivity contribution in [2.45, 2.75) is 13.3 Å². The number of nitrogens with zero attached hydrogens (tertiary/aromatic N) is 1. The molecule has 0 aliphatic carbocycles. The number of sulfone groups is 1. The molecule has 0 heterocycles. The van der Waals surface area contributed by atoms with E-state index in [0.29, 0.717) is 0 Å². The van der Waals surface area contributed by atoms with Gasteiger partial charge in [0.25, 0.3) is 0 Å². The minimum absolute atomic E-state index is 0.0468. The minimum Gasteiger partial charge on any atom is -0.481 e. The van der Waals surface area contributed by atoms with Crippen molar-refractivity contribution in [2.75, 3.05) is 24.4 Å². The van der Waals surface area contributed by atoms with E-state index in [0.717, 1.165) is 10.6 Å². The van der Waals surface area contributed by atoms with Crippen molar-refractivity contribution in [1.82, 2.24) is 4.31 Å². The van der Waals surface area contributed by atoms with E-state index in [1.54, 1.807) is 0 Å². The molecular formula is C7H15NO6S2. The Morgan fingerprint density at radius 3 is 2.06 bits per heavy atom. The van der Waals surface area contributed by atoms with Crippen LogP contribution in [-0.4, -0.2) is 56.6 Å². The van der Waals surface area contributed by atoms with Crippen LogP contribution in [0.5, 0.6) is 0 Å². The maximum absolute atomic E-state index is 11.5. The van der Waals surface area contributed by atoms with Crippen LogP contribution in [0.25, 0.3) is 0 Å². The van der Waals surface area contributed by atoms with E-state index in [9.17, 15) is 21.6 Å². The summed E-state index contributed by atoms with van der Waals surface area (Å²) in [5.74, 6) is -1.13. The highest BCUT2D eigenvalue weighted by atomic mass is 32.3. The van der Waals surface area contributed by atoms with Gasteiger partial charge in [0.1, 0.15) is 0 Å². The fraction of sp³-hybridized carbons (Fsp3) is 0.857. The molecule has 0 aromatic heterocycles. The van der Waals surface area contributed by atoms with E-state index in [1.165, 1.54) is 6.92 Å². The van der Waals surface area contributed by atoms with E-state index in [4.69, 9.17) is 5.11 Å². The molecular weight excluding hydrogens is 258 g/mol. The van der Waals surface area contributed by atoms with Crippen LogP contribution >= 0.6 is 0 Å². The SMILES string of the molecule is CCN(CCC(=O)O)S(=O)(=O)CS(C)(=O)=O. The number of rotatable bonds is 7. The summed E-state index contributed by atoms with van der Waals surface area (Å²) in [6.07, 6.45) is 0.465. The molecule has 0 aliphatic rings. The molecule has 9 heteroatoms. The quantitative estimate of drug-likeness (QED) is 0.645. The average molecular weight is 273 g/mol. The van der Waals surface area contributed by atoms with Crippen LogP contribution in [-0.2, 0) is 24.7 Å². The molecule has 0 aromatic carbocycles. The Balaban J connectivity index is 4.75. The molecule has 0 atom stereocenters. The van der Waals surface area contributed by atoms with E-state index >= 15 is 0 Å². The van der Waals surface area contributed by atoms with E-state index in [1.807, 2.05) is 0 Å². The van der Waals surface area contributed by atoms with Gasteiger partial charge in [0.05, 0.1) is 6.42 Å². The molecule has 0 fully saturated rings. The van der Waals surface area contributed by atoms with Crippen molar-refractivity contribution < 1.29 is 26.7 Å². The van der Waals surface area contributed by atoms with Crippen molar-refractivity contribution in [1.29, 1.82) is 0 Å². The smallest absolute Gasteiger partial charge is 0.304 e. The average Bonchev–Trinajstić information content (AvgIpc) is 1.98. The number of hydrogen-bond donors (Lipinski definition) is 1. The van der Waals surface area contributed by atoms with Crippen molar-refractivity contribution >= 4 is 25.8 Å². The molecule has 7 nitrogen and oxygen atoms in total. The molecule has 0 saturated carbocycles. The molecule has 16 heavy (non-hydrogen) atoms. The van der Waals surface area contributed by atoms with E-state index < -0.39 is 30.9 Å². The van der Waals surface area contributed by atoms with Gasteiger partial charge in [-0.1, -0.05) is 6.92 Å². The first-order chi connectivity index (χ1) is 7.08. The van der Waals surface area contributed by atoms with Crippen LogP contribution in [0.4, 0.5) is 0 Å². The third-order valence-corrected chi connectivity index (χ3v) is 5.82. The van der Waals surface area contributed by atoms with Crippen molar-refractivity contribution in [3.8, 4) is 0 Å². The van der Waals surface area contributed by atoms with Crippen LogP contribution in [0.1, 0.15) is 13.3 Å². The first-order valence-corrected chi connectivity index (χ1v) is 8.13. The number of carboxylic acid groups (broad SMARTS) is 1. The van der Waals surface area contributed by atoms with Gasteiger partial charge in [-0.3, -0.25) is 4.79 Å². The van der Waals surface area contributed by atoms with Gasteiger partial charge in [-0.05, 0) is 0 Å². The number of sulfonamides is 1. The molecule has 0 amide bonds. The Morgan fingerprint density at radius 2 is 1.75 bits per heavy atom. The molecule has 0 rings (SSSR count). The monoisotopic (exact) mass is 273 g/mol. The maximum atomic E-state index is 11.5. The second-order valence-electron chi connectivity index (χ2n) is 3.29. The lowest BCUT2D eigenvalue weighted by molar-refractivity contribution is -0.137. The molecule has 0 radical (unpaired) electrons. The molecule has 0 unspecified atom stereocenters. The second-order valence-corrected chi connectivity index (χ2v) is 7.77. The number of hydrogen-bond acceptors (Lipinski definition) is 5. The lowest BCUT2D eigenvalue weighted by atomic mass is 10.4. The summed E-state index contributed by atoms with van der Waals surface area (Å²) in [6, 6.07) is 0. The van der Waals surface area contributed by atoms with E-state index in [-0.39, 0.29) is 19.5 Å². The summed E-state index contributed by atoms with van der Waals surface area (Å²) >= 11 is 0. The molecule has 0 saturated heterocycles. The van der Waals surface area contributed by atoms with Crippen molar-refractivity contribution in [3.05, 3.63) is 0 Å². The first kappa shape index (κ1) is 15.3. The lowest BCUT2D eigenvalue weighted by Crippen LogP contribution is -2.36. The molecule has 0 spiro atoms. The van der Waals surface area contributed by atoms with Gasteiger partial charge in [0.15, 0.2) is 14.9 Å². The number of aliphatic carboxylic acids is 1. The Bertz CT molecular complexity index is 437. The summed E-state index contributed by atoms with van der Waals surface area (Å²) in [7, 11) is -7.60. The summed E-state index contributed by atoms with van der Waals surface area (Å²) in [6.45, 7) is 1.34. The Hall–Kier alpha value is -0.670. The van der Waals surface area contributed by atoms with Gasteiger partial charge in [0, 0.05) is 19.3 Å². The van der Waals surface area contributed by atoms with Gasteiger partial charge in [-0.15, -0.1) is 0 Å². The number of carboxylic acids is 1. The Kier molecular flexibility index (Phi) is 5.36. The maximum Gasteiger partial charge on any atom is 0.304 e. The van der Waals surface area contributed by atoms with E-state index in [2.05, 4.69) is 0 Å². The molecule has 0 aromatic rings. The summed E-state index contributed by atoms with van der Waals surface area (Å²) in [5, 5.41) is 7.42. The second kappa shape index (κ2) is 5.60. The lowest BCUT2D eigenvalue weighted by Gasteiger charge is -2.18. The summed E-state index contributed by atoms with van der Waals surface area (Å²) in [4.78, 5) is 10.3. The third kappa shape index (κ3) is 6.03. The van der Waals surface area contributed by atoms with Crippen LogP contribution in [0.3, 0.4) is 0 Å². The predicted molar refractivity (Wildman–Crippen MR) is 58.1 cm³/mol. The molecule has 0 bridgehead atoms. The van der Waals surface area contributed by atoms with Gasteiger partial charge < -0.3 is 5.11 Å². The number of carbonyl (C=O) groups is 1. The Morgan fingerprint density at radius 1 is 1.25 bits per heavy atom. The van der Waals surface area contributed by atoms with Crippen molar-refractivity contribution in [2.24, 2.45) is 0 Å². The summed E-state index contributed by atoms with van der Waals surface area (Å²) < 4.78 is 45.7. The molecule has 0 aliphatic heterocycles. The third-order valence-electron chi connectivity index (χ3n) is 1.68. The zero-order chi connectivity index (χ0) is 13.0. The van der Waals surface area contributed by atoms with Gasteiger partial charge in [0.2, 0.25) is 10.0 Å². The van der Waals surface area contributed by atoms with Crippen LogP contribution in [0.2, 0.25) is 0 Å². The fourth-order valence-electron chi connectivity index (χ4n) is 1.06. The van der Waals surface area contributed by atoms with Gasteiger partial charge in [-0.2, -0.15) is 0 Å². The largest absolute Gasteiger partial charge is 0.481 e. The van der Waals surface area contributed by atoms with Crippen LogP contribution < -0.4 is 0 Å². The van der Waals surface area contributed by atoms with Crippen LogP contribution in [0.15, 0.2) is 0 Å². The topological polar surface area (TPSA) is 109 Å². The molecule has 1 N–H and O–H groups in total. The van der Waals surface area contributed by atoms with Crippen LogP contribution in [0, 0.1) is 0 Å². The zero-order valence-electron chi connectivity index (χ0n) is 9.08. The minimum atomic E-state index is -3.94. The van der Waals surface area contributed by atoms with Gasteiger partial charge >= 0.3 is 5.97 Å². The highest BCUT2D eigenvalue weighted by Crippen LogP contribution is 2.05. The predicted octanol–water partition coefficient (Wildman–Crippen LogP) is -0.885. The zero-order valence-corrected chi connectivity index (χ0v) is 10.7. The van der Waals surface area contributed by atoms with Gasteiger partial charge in [-0.25, -0.2) is 21.1 Å². The molecule has 96 valence electrons. The standard InChI is InChI=1S/C7H15NO6S2/c1-3-8(5-4-7(9)10)16(13,14)6-15(2,11)12/h3-6H2,1-2H3,(H,9,10). The van der Waals surface area contributed by atoms with Crippen molar-refractivity contribution in [3.63, 3.8) is 0 Å². The fourth-order valence-corrected chi connectivity index (χ4v) is 4.58. The first-order valence-electron chi connectivity index (χ1n) is 4.46. The summed E-state index contributed by atoms with van der Waals surface area (Å²) in [5.41, 5.74) is 0. The highest BCUT2D eigenvalue weighted by molar-refractivity contribution is 8.06. The highest BCUT2D eigenvalue weighted by Gasteiger charge is 2.25.